The second-order valence-electron chi connectivity index (χ2n) is 6.51. The van der Waals surface area contributed by atoms with Gasteiger partial charge in [0.25, 0.3) is 0 Å². The highest BCUT2D eigenvalue weighted by molar-refractivity contribution is 5.81. The number of carbonyl (C=O) groups is 1. The van der Waals surface area contributed by atoms with E-state index in [1.165, 1.54) is 12.8 Å². The van der Waals surface area contributed by atoms with Crippen molar-refractivity contribution in [3.05, 3.63) is 0 Å². The number of nitrogens with one attached hydrogen (secondary N) is 1. The second-order valence-corrected chi connectivity index (χ2v) is 6.51. The van der Waals surface area contributed by atoms with Crippen LogP contribution in [0.1, 0.15) is 52.9 Å². The Morgan fingerprint density at radius 3 is 2.20 bits per heavy atom. The minimum atomic E-state index is 0.154. The van der Waals surface area contributed by atoms with Gasteiger partial charge in [0.05, 0.1) is 0 Å². The Kier molecular flexibility index (Phi) is 2.89. The van der Waals surface area contributed by atoms with Crippen LogP contribution in [0, 0.1) is 11.3 Å². The first kappa shape index (κ1) is 11.1. The summed E-state index contributed by atoms with van der Waals surface area (Å²) in [4.78, 5) is 12.1. The zero-order valence-electron chi connectivity index (χ0n) is 10.2. The normalized spacial score (nSPS) is 35.5. The van der Waals surface area contributed by atoms with E-state index in [1.807, 2.05) is 0 Å². The van der Waals surface area contributed by atoms with Crippen LogP contribution in [0.15, 0.2) is 0 Å². The number of carbonyl (C=O) groups excluding carboxylic acids is 1. The summed E-state index contributed by atoms with van der Waals surface area (Å²) in [5.41, 5.74) is 0.154. The molecule has 2 atom stereocenters. The van der Waals surface area contributed by atoms with Crippen molar-refractivity contribution in [2.45, 2.75) is 65.0 Å². The van der Waals surface area contributed by atoms with Gasteiger partial charge in [0.1, 0.15) is 5.78 Å². The second kappa shape index (κ2) is 3.89. The molecule has 0 aromatic rings. The molecule has 1 N–H and O–H groups in total. The van der Waals surface area contributed by atoms with Gasteiger partial charge in [0.15, 0.2) is 0 Å². The Morgan fingerprint density at radius 1 is 1.20 bits per heavy atom. The molecule has 2 aliphatic heterocycles. The summed E-state index contributed by atoms with van der Waals surface area (Å²) in [6.07, 6.45) is 5.49. The minimum Gasteiger partial charge on any atom is -0.311 e. The van der Waals surface area contributed by atoms with Crippen LogP contribution in [-0.2, 0) is 4.79 Å². The highest BCUT2D eigenvalue weighted by atomic mass is 16.1. The predicted molar refractivity (Wildman–Crippen MR) is 61.7 cm³/mol. The number of rotatable bonds is 2. The van der Waals surface area contributed by atoms with E-state index in [-0.39, 0.29) is 5.41 Å². The van der Waals surface area contributed by atoms with E-state index in [4.69, 9.17) is 0 Å². The van der Waals surface area contributed by atoms with Crippen molar-refractivity contribution in [2.24, 2.45) is 11.3 Å². The van der Waals surface area contributed by atoms with Gasteiger partial charge < -0.3 is 5.32 Å². The fourth-order valence-electron chi connectivity index (χ4n) is 2.99. The number of hydrogen-bond acceptors (Lipinski definition) is 2. The lowest BCUT2D eigenvalue weighted by Crippen LogP contribution is -2.41. The highest BCUT2D eigenvalue weighted by Gasteiger charge is 2.37. The maximum atomic E-state index is 12.1. The molecule has 0 aromatic heterocycles. The molecular weight excluding hydrogens is 186 g/mol. The Hall–Kier alpha value is -0.370. The molecule has 2 nitrogen and oxygen atoms in total. The van der Waals surface area contributed by atoms with Gasteiger partial charge in [0.2, 0.25) is 0 Å². The van der Waals surface area contributed by atoms with Crippen LogP contribution in [0.5, 0.6) is 0 Å². The molecule has 0 spiro atoms. The van der Waals surface area contributed by atoms with E-state index in [0.717, 1.165) is 19.3 Å². The van der Waals surface area contributed by atoms with Gasteiger partial charge >= 0.3 is 0 Å². The maximum absolute atomic E-state index is 12.1. The molecule has 2 fully saturated rings. The molecule has 0 radical (unpaired) electrons. The first-order chi connectivity index (χ1) is 6.94. The lowest BCUT2D eigenvalue weighted by Gasteiger charge is -2.30. The molecular formula is C13H23NO. The average molecular weight is 209 g/mol. The molecule has 0 amide bonds. The number of Topliss-reactive ketones (excluding diaryl/α,β-unsaturated/α-hetero) is 1. The third kappa shape index (κ3) is 2.81. The lowest BCUT2D eigenvalue weighted by molar-refractivity contribution is -0.125. The summed E-state index contributed by atoms with van der Waals surface area (Å²) in [6.45, 7) is 6.46. The summed E-state index contributed by atoms with van der Waals surface area (Å²) in [5, 5.41) is 3.59. The van der Waals surface area contributed by atoms with Gasteiger partial charge in [-0.25, -0.2) is 0 Å². The predicted octanol–water partition coefficient (Wildman–Crippen LogP) is 2.52. The monoisotopic (exact) mass is 209 g/mol. The molecule has 2 unspecified atom stereocenters. The van der Waals surface area contributed by atoms with Crippen LogP contribution < -0.4 is 5.32 Å². The topological polar surface area (TPSA) is 29.1 Å². The summed E-state index contributed by atoms with van der Waals surface area (Å²) in [7, 11) is 0. The Balaban J connectivity index is 1.91. The van der Waals surface area contributed by atoms with Gasteiger partial charge in [0, 0.05) is 24.4 Å². The van der Waals surface area contributed by atoms with Crippen LogP contribution in [0.2, 0.25) is 0 Å². The average Bonchev–Trinajstić information content (AvgIpc) is 2.42. The minimum absolute atomic E-state index is 0.154. The molecule has 0 aliphatic carbocycles. The van der Waals surface area contributed by atoms with Crippen LogP contribution in [0.25, 0.3) is 0 Å². The largest absolute Gasteiger partial charge is 0.311 e. The van der Waals surface area contributed by atoms with Crippen molar-refractivity contribution in [1.29, 1.82) is 0 Å². The maximum Gasteiger partial charge on any atom is 0.136 e. The fourth-order valence-corrected chi connectivity index (χ4v) is 2.99. The highest BCUT2D eigenvalue weighted by Crippen LogP contribution is 2.33. The van der Waals surface area contributed by atoms with Crippen LogP contribution in [0.3, 0.4) is 0 Å². The molecule has 2 heterocycles. The molecule has 0 saturated carbocycles. The first-order valence-electron chi connectivity index (χ1n) is 6.23. The van der Waals surface area contributed by atoms with Crippen molar-refractivity contribution in [1.82, 2.24) is 5.32 Å². The quantitative estimate of drug-likeness (QED) is 0.757. The van der Waals surface area contributed by atoms with Gasteiger partial charge in [-0.1, -0.05) is 20.8 Å². The SMILES string of the molecule is CC(C)(C)CC(=O)C1CC2CCC(C1)N2. The molecule has 2 heteroatoms. The number of ketones is 1. The van der Waals surface area contributed by atoms with Gasteiger partial charge in [-0.15, -0.1) is 0 Å². The molecule has 2 aliphatic rings. The molecule has 2 saturated heterocycles. The van der Waals surface area contributed by atoms with Crippen molar-refractivity contribution >= 4 is 5.78 Å². The number of piperidine rings is 1. The van der Waals surface area contributed by atoms with E-state index < -0.39 is 0 Å². The third-order valence-electron chi connectivity index (χ3n) is 3.63. The lowest BCUT2D eigenvalue weighted by atomic mass is 9.81. The Bertz CT molecular complexity index is 242. The zero-order valence-corrected chi connectivity index (χ0v) is 10.2. The van der Waals surface area contributed by atoms with Crippen molar-refractivity contribution in [3.63, 3.8) is 0 Å². The number of hydrogen-bond donors (Lipinski definition) is 1. The van der Waals surface area contributed by atoms with E-state index >= 15 is 0 Å². The first-order valence-corrected chi connectivity index (χ1v) is 6.23. The van der Waals surface area contributed by atoms with Crippen LogP contribution in [-0.4, -0.2) is 17.9 Å². The van der Waals surface area contributed by atoms with Gasteiger partial charge in [-0.2, -0.15) is 0 Å². The van der Waals surface area contributed by atoms with E-state index in [0.29, 0.717) is 23.8 Å². The van der Waals surface area contributed by atoms with Crippen molar-refractivity contribution in [3.8, 4) is 0 Å². The zero-order chi connectivity index (χ0) is 11.1. The van der Waals surface area contributed by atoms with Crippen molar-refractivity contribution < 1.29 is 4.79 Å². The third-order valence-corrected chi connectivity index (χ3v) is 3.63. The van der Waals surface area contributed by atoms with Gasteiger partial charge in [-0.3, -0.25) is 4.79 Å². The Labute approximate surface area is 92.8 Å². The van der Waals surface area contributed by atoms with Crippen molar-refractivity contribution in [2.75, 3.05) is 0 Å². The van der Waals surface area contributed by atoms with E-state index in [9.17, 15) is 4.79 Å². The molecule has 2 rings (SSSR count). The smallest absolute Gasteiger partial charge is 0.136 e. The molecule has 0 aromatic carbocycles. The van der Waals surface area contributed by atoms with Crippen LogP contribution >= 0.6 is 0 Å². The van der Waals surface area contributed by atoms with E-state index in [2.05, 4.69) is 26.1 Å². The van der Waals surface area contributed by atoms with E-state index in [1.54, 1.807) is 0 Å². The summed E-state index contributed by atoms with van der Waals surface area (Å²) >= 11 is 0. The van der Waals surface area contributed by atoms with Crippen LogP contribution in [0.4, 0.5) is 0 Å². The molecule has 2 bridgehead atoms. The molecule has 15 heavy (non-hydrogen) atoms. The molecule has 86 valence electrons. The summed E-state index contributed by atoms with van der Waals surface area (Å²) < 4.78 is 0. The number of fused-ring (bicyclic) bond motifs is 2. The summed E-state index contributed by atoms with van der Waals surface area (Å²) in [5.74, 6) is 0.851. The van der Waals surface area contributed by atoms with Gasteiger partial charge in [-0.05, 0) is 31.1 Å². The fraction of sp³-hybridized carbons (Fsp3) is 0.923. The standard InChI is InChI=1S/C13H23NO/c1-13(2,3)8-12(15)9-6-10-4-5-11(7-9)14-10/h9-11,14H,4-8H2,1-3H3. The Morgan fingerprint density at radius 2 is 1.73 bits per heavy atom. The summed E-state index contributed by atoms with van der Waals surface area (Å²) in [6, 6.07) is 1.27.